The average Bonchev–Trinajstić information content (AvgIpc) is 2.50. The van der Waals surface area contributed by atoms with Crippen molar-refractivity contribution < 1.29 is 17.9 Å². The lowest BCUT2D eigenvalue weighted by Crippen LogP contribution is -2.16. The van der Waals surface area contributed by atoms with Gasteiger partial charge in [-0.1, -0.05) is 46.6 Å². The summed E-state index contributed by atoms with van der Waals surface area (Å²) in [6.45, 7) is 3.27. The molecular weight excluding hydrogens is 404 g/mol. The van der Waals surface area contributed by atoms with Crippen LogP contribution in [0.3, 0.4) is 0 Å². The molecule has 0 spiro atoms. The summed E-state index contributed by atoms with van der Waals surface area (Å²) in [6, 6.07) is 9.33. The van der Waals surface area contributed by atoms with Crippen molar-refractivity contribution in [3.8, 4) is 5.75 Å². The molecule has 0 amide bonds. The lowest BCUT2D eigenvalue weighted by atomic mass is 10.2. The summed E-state index contributed by atoms with van der Waals surface area (Å²) in [6.07, 6.45) is 0. The van der Waals surface area contributed by atoms with Gasteiger partial charge in [-0.3, -0.25) is 0 Å². The Morgan fingerprint density at radius 3 is 2.52 bits per heavy atom. The first-order valence-corrected chi connectivity index (χ1v) is 9.58. The molecule has 0 atom stereocenters. The molecule has 0 saturated carbocycles. The summed E-state index contributed by atoms with van der Waals surface area (Å²) >= 11 is 9.40. The molecule has 0 aliphatic carbocycles. The average molecular weight is 418 g/mol. The van der Waals surface area contributed by atoms with Crippen molar-refractivity contribution in [3.05, 3.63) is 57.0 Å². The molecule has 23 heavy (non-hydrogen) atoms. The fourth-order valence-corrected chi connectivity index (χ4v) is 4.12. The fraction of sp³-hybridized carbons (Fsp3) is 0.188. The number of carbonyl (C=O) groups is 1. The van der Waals surface area contributed by atoms with Gasteiger partial charge in [0.25, 0.3) is 0 Å². The van der Waals surface area contributed by atoms with Gasteiger partial charge in [0.15, 0.2) is 15.6 Å². The maximum Gasteiger partial charge on any atom is 0.344 e. The van der Waals surface area contributed by atoms with E-state index in [9.17, 15) is 13.2 Å². The molecule has 2 rings (SSSR count). The number of carbonyl (C=O) groups excluding carboxylic acids is 1. The molecule has 122 valence electrons. The zero-order chi connectivity index (χ0) is 17.2. The number of esters is 1. The number of halogens is 2. The Kier molecular flexibility index (Phi) is 5.49. The minimum Gasteiger partial charge on any atom is -0.421 e. The van der Waals surface area contributed by atoms with Crippen LogP contribution in [0.5, 0.6) is 5.75 Å². The van der Waals surface area contributed by atoms with Gasteiger partial charge in [0.2, 0.25) is 0 Å². The second kappa shape index (κ2) is 7.03. The Morgan fingerprint density at radius 2 is 1.91 bits per heavy atom. The van der Waals surface area contributed by atoms with Crippen LogP contribution in [0, 0.1) is 6.92 Å². The standard InChI is InChI=1S/C16H14BrClO4S/c1-3-23(20,21)14-7-5-4-6-12(14)16(19)22-15-10(2)8-11(17)9-13(15)18/h4-9H,3H2,1-2H3. The van der Waals surface area contributed by atoms with Crippen LogP contribution in [0.1, 0.15) is 22.8 Å². The summed E-state index contributed by atoms with van der Waals surface area (Å²) in [5.41, 5.74) is 0.654. The Bertz CT molecular complexity index is 839. The quantitative estimate of drug-likeness (QED) is 0.545. The van der Waals surface area contributed by atoms with Crippen LogP contribution in [0.25, 0.3) is 0 Å². The Hall–Kier alpha value is -1.37. The van der Waals surface area contributed by atoms with Gasteiger partial charge in [0, 0.05) is 4.47 Å². The monoisotopic (exact) mass is 416 g/mol. The van der Waals surface area contributed by atoms with E-state index in [4.69, 9.17) is 16.3 Å². The minimum absolute atomic E-state index is 0.00673. The van der Waals surface area contributed by atoms with Crippen molar-refractivity contribution in [1.29, 1.82) is 0 Å². The molecule has 0 aromatic heterocycles. The van der Waals surface area contributed by atoms with E-state index in [2.05, 4.69) is 15.9 Å². The first kappa shape index (κ1) is 18.0. The van der Waals surface area contributed by atoms with Gasteiger partial charge in [-0.2, -0.15) is 0 Å². The lowest BCUT2D eigenvalue weighted by Gasteiger charge is -2.12. The molecule has 0 saturated heterocycles. The van der Waals surface area contributed by atoms with Crippen LogP contribution in [0.15, 0.2) is 45.8 Å². The zero-order valence-electron chi connectivity index (χ0n) is 12.5. The van der Waals surface area contributed by atoms with Crippen LogP contribution in [0.2, 0.25) is 5.02 Å². The van der Waals surface area contributed by atoms with E-state index >= 15 is 0 Å². The fourth-order valence-electron chi connectivity index (χ4n) is 2.03. The largest absolute Gasteiger partial charge is 0.421 e. The van der Waals surface area contributed by atoms with E-state index in [0.29, 0.717) is 5.56 Å². The van der Waals surface area contributed by atoms with Crippen molar-refractivity contribution in [2.75, 3.05) is 5.75 Å². The van der Waals surface area contributed by atoms with E-state index in [1.165, 1.54) is 19.1 Å². The van der Waals surface area contributed by atoms with E-state index in [0.717, 1.165) is 4.47 Å². The van der Waals surface area contributed by atoms with Crippen LogP contribution in [-0.2, 0) is 9.84 Å². The van der Waals surface area contributed by atoms with Crippen molar-refractivity contribution in [1.82, 2.24) is 0 Å². The molecule has 0 aliphatic rings. The van der Waals surface area contributed by atoms with Crippen LogP contribution < -0.4 is 4.74 Å². The molecule has 2 aromatic rings. The zero-order valence-corrected chi connectivity index (χ0v) is 15.6. The van der Waals surface area contributed by atoms with Crippen LogP contribution in [-0.4, -0.2) is 20.1 Å². The third kappa shape index (κ3) is 3.94. The van der Waals surface area contributed by atoms with Crippen LogP contribution >= 0.6 is 27.5 Å². The number of rotatable bonds is 4. The second-order valence-corrected chi connectivity index (χ2v) is 8.39. The molecule has 0 bridgehead atoms. The summed E-state index contributed by atoms with van der Waals surface area (Å²) in [5, 5.41) is 0.265. The molecule has 4 nitrogen and oxygen atoms in total. The van der Waals surface area contributed by atoms with Crippen molar-refractivity contribution in [2.24, 2.45) is 0 Å². The highest BCUT2D eigenvalue weighted by molar-refractivity contribution is 9.10. The SMILES string of the molecule is CCS(=O)(=O)c1ccccc1C(=O)Oc1c(C)cc(Br)cc1Cl. The second-order valence-electron chi connectivity index (χ2n) is 4.82. The normalized spacial score (nSPS) is 11.3. The molecule has 0 radical (unpaired) electrons. The topological polar surface area (TPSA) is 60.4 Å². The van der Waals surface area contributed by atoms with Gasteiger partial charge in [-0.15, -0.1) is 0 Å². The number of sulfone groups is 1. The van der Waals surface area contributed by atoms with E-state index in [1.54, 1.807) is 31.2 Å². The van der Waals surface area contributed by atoms with Crippen molar-refractivity contribution in [3.63, 3.8) is 0 Å². The van der Waals surface area contributed by atoms with Crippen LogP contribution in [0.4, 0.5) is 0 Å². The maximum absolute atomic E-state index is 12.4. The summed E-state index contributed by atoms with van der Waals surface area (Å²) in [7, 11) is -3.53. The Balaban J connectivity index is 2.44. The summed E-state index contributed by atoms with van der Waals surface area (Å²) in [4.78, 5) is 12.4. The predicted octanol–water partition coefficient (Wildman–Crippen LogP) is 4.42. The van der Waals surface area contributed by atoms with Crippen molar-refractivity contribution in [2.45, 2.75) is 18.7 Å². The highest BCUT2D eigenvalue weighted by Gasteiger charge is 2.23. The van der Waals surface area contributed by atoms with Gasteiger partial charge in [0.1, 0.15) is 0 Å². The molecule has 0 unspecified atom stereocenters. The van der Waals surface area contributed by atoms with Gasteiger partial charge in [-0.25, -0.2) is 13.2 Å². The van der Waals surface area contributed by atoms with Crippen molar-refractivity contribution >= 4 is 43.3 Å². The molecular formula is C16H14BrClO4S. The maximum atomic E-state index is 12.4. The number of benzene rings is 2. The first-order valence-electron chi connectivity index (χ1n) is 6.76. The van der Waals surface area contributed by atoms with Gasteiger partial charge < -0.3 is 4.74 Å². The van der Waals surface area contributed by atoms with Gasteiger partial charge in [0.05, 0.1) is 21.2 Å². The summed E-state index contributed by atoms with van der Waals surface area (Å²) < 4.78 is 30.3. The summed E-state index contributed by atoms with van der Waals surface area (Å²) in [5.74, 6) is -0.649. The number of hydrogen-bond donors (Lipinski definition) is 0. The molecule has 0 N–H and O–H groups in total. The number of hydrogen-bond acceptors (Lipinski definition) is 4. The molecule has 7 heteroatoms. The van der Waals surface area contributed by atoms with E-state index in [1.807, 2.05) is 0 Å². The molecule has 2 aromatic carbocycles. The van der Waals surface area contributed by atoms with E-state index in [-0.39, 0.29) is 27.0 Å². The Morgan fingerprint density at radius 1 is 1.26 bits per heavy atom. The predicted molar refractivity (Wildman–Crippen MR) is 93.0 cm³/mol. The van der Waals surface area contributed by atoms with Gasteiger partial charge >= 0.3 is 5.97 Å². The number of aryl methyl sites for hydroxylation is 1. The third-order valence-corrected chi connectivity index (χ3v) is 5.74. The smallest absolute Gasteiger partial charge is 0.344 e. The lowest BCUT2D eigenvalue weighted by molar-refractivity contribution is 0.0729. The molecule has 0 heterocycles. The molecule has 0 aliphatic heterocycles. The number of ether oxygens (including phenoxy) is 1. The molecule has 0 fully saturated rings. The first-order chi connectivity index (χ1) is 10.8. The van der Waals surface area contributed by atoms with Gasteiger partial charge in [-0.05, 0) is 36.8 Å². The highest BCUT2D eigenvalue weighted by Crippen LogP contribution is 2.33. The third-order valence-electron chi connectivity index (χ3n) is 3.21. The highest BCUT2D eigenvalue weighted by atomic mass is 79.9. The van der Waals surface area contributed by atoms with E-state index < -0.39 is 15.8 Å². The minimum atomic E-state index is -3.53. The Labute approximate surface area is 148 Å².